The Kier molecular flexibility index (Phi) is 3.59. The summed E-state index contributed by atoms with van der Waals surface area (Å²) in [5.74, 6) is -0.447. The van der Waals surface area contributed by atoms with E-state index in [0.717, 1.165) is 0 Å². The summed E-state index contributed by atoms with van der Waals surface area (Å²) in [5.41, 5.74) is 0.664. The molecule has 0 aliphatic heterocycles. The van der Waals surface area contributed by atoms with Crippen LogP contribution in [0.2, 0.25) is 5.02 Å². The van der Waals surface area contributed by atoms with E-state index in [1.165, 1.54) is 18.2 Å². The van der Waals surface area contributed by atoms with E-state index in [4.69, 9.17) is 11.6 Å². The molecule has 2 aromatic carbocycles. The normalized spacial score (nSPS) is 11.4. The zero-order valence-corrected chi connectivity index (χ0v) is 10.9. The van der Waals surface area contributed by atoms with Crippen LogP contribution >= 0.6 is 11.6 Å². The smallest absolute Gasteiger partial charge is 0.186 e. The molecule has 0 atom stereocenters. The lowest BCUT2D eigenvalue weighted by Crippen LogP contribution is -2.05. The van der Waals surface area contributed by atoms with Gasteiger partial charge in [-0.05, 0) is 23.8 Å². The van der Waals surface area contributed by atoms with E-state index in [0.29, 0.717) is 5.56 Å². The summed E-state index contributed by atoms with van der Waals surface area (Å²) in [5, 5.41) is 9.89. The molecule has 0 fully saturated rings. The third-order valence-corrected chi connectivity index (χ3v) is 4.40. The molecule has 3 nitrogen and oxygen atoms in total. The van der Waals surface area contributed by atoms with Crippen LogP contribution in [0, 0.1) is 0 Å². The van der Waals surface area contributed by atoms with Gasteiger partial charge >= 0.3 is 0 Å². The lowest BCUT2D eigenvalue weighted by Gasteiger charge is -2.07. The first-order chi connectivity index (χ1) is 8.49. The predicted octanol–water partition coefficient (Wildman–Crippen LogP) is 3.02. The molecular formula is C13H11ClO3S. The van der Waals surface area contributed by atoms with Crippen LogP contribution in [0.5, 0.6) is 5.75 Å². The molecule has 0 amide bonds. The number of aromatic hydroxyl groups is 1. The van der Waals surface area contributed by atoms with Gasteiger partial charge in [0.25, 0.3) is 0 Å². The second-order valence-electron chi connectivity index (χ2n) is 3.86. The van der Waals surface area contributed by atoms with Crippen LogP contribution in [0.3, 0.4) is 0 Å². The van der Waals surface area contributed by atoms with Gasteiger partial charge in [-0.1, -0.05) is 41.9 Å². The largest absolute Gasteiger partial charge is 0.507 e. The molecule has 0 unspecified atom stereocenters. The van der Waals surface area contributed by atoms with E-state index in [1.807, 2.05) is 6.07 Å². The minimum atomic E-state index is -3.60. The number of rotatable bonds is 3. The van der Waals surface area contributed by atoms with Crippen LogP contribution < -0.4 is 0 Å². The molecule has 94 valence electrons. The van der Waals surface area contributed by atoms with E-state index in [2.05, 4.69) is 0 Å². The molecule has 0 spiro atoms. The van der Waals surface area contributed by atoms with Crippen molar-refractivity contribution in [2.45, 2.75) is 10.6 Å². The zero-order chi connectivity index (χ0) is 13.2. The van der Waals surface area contributed by atoms with Gasteiger partial charge in [0, 0.05) is 5.02 Å². The van der Waals surface area contributed by atoms with Crippen LogP contribution in [0.4, 0.5) is 0 Å². The summed E-state index contributed by atoms with van der Waals surface area (Å²) in [6, 6.07) is 12.8. The Hall–Kier alpha value is -1.52. The molecule has 5 heteroatoms. The molecule has 1 N–H and O–H groups in total. The number of phenols is 1. The van der Waals surface area contributed by atoms with Crippen LogP contribution in [0.25, 0.3) is 0 Å². The van der Waals surface area contributed by atoms with E-state index >= 15 is 0 Å². The molecule has 0 radical (unpaired) electrons. The van der Waals surface area contributed by atoms with Crippen molar-refractivity contribution >= 4 is 21.4 Å². The SMILES string of the molecule is O=S(=O)(Cc1ccccc1)c1cc(Cl)ccc1O. The summed E-state index contributed by atoms with van der Waals surface area (Å²) in [6.07, 6.45) is 0. The minimum absolute atomic E-state index is 0.140. The Balaban J connectivity index is 2.40. The number of phenolic OH excluding ortho intramolecular Hbond substituents is 1. The molecule has 2 rings (SSSR count). The predicted molar refractivity (Wildman–Crippen MR) is 70.4 cm³/mol. The van der Waals surface area contributed by atoms with Gasteiger partial charge in [-0.25, -0.2) is 8.42 Å². The molecule has 0 bridgehead atoms. The summed E-state index contributed by atoms with van der Waals surface area (Å²) in [7, 11) is -3.60. The molecule has 0 aromatic heterocycles. The number of hydrogen-bond acceptors (Lipinski definition) is 3. The van der Waals surface area contributed by atoms with E-state index in [1.54, 1.807) is 24.3 Å². The van der Waals surface area contributed by atoms with Crippen molar-refractivity contribution < 1.29 is 13.5 Å². The van der Waals surface area contributed by atoms with Crippen LogP contribution in [0.1, 0.15) is 5.56 Å². The highest BCUT2D eigenvalue weighted by Crippen LogP contribution is 2.28. The third-order valence-electron chi connectivity index (χ3n) is 2.46. The van der Waals surface area contributed by atoms with Crippen molar-refractivity contribution in [1.82, 2.24) is 0 Å². The van der Waals surface area contributed by atoms with Gasteiger partial charge in [0.05, 0.1) is 5.75 Å². The number of hydrogen-bond donors (Lipinski definition) is 1. The lowest BCUT2D eigenvalue weighted by molar-refractivity contribution is 0.458. The van der Waals surface area contributed by atoms with Gasteiger partial charge in [-0.3, -0.25) is 0 Å². The first-order valence-corrected chi connectivity index (χ1v) is 7.27. The van der Waals surface area contributed by atoms with Gasteiger partial charge < -0.3 is 5.11 Å². The molecule has 0 aliphatic carbocycles. The van der Waals surface area contributed by atoms with Gasteiger partial charge in [0.1, 0.15) is 10.6 Å². The zero-order valence-electron chi connectivity index (χ0n) is 9.38. The highest BCUT2D eigenvalue weighted by Gasteiger charge is 2.19. The van der Waals surface area contributed by atoms with Crippen molar-refractivity contribution in [2.75, 3.05) is 0 Å². The van der Waals surface area contributed by atoms with Gasteiger partial charge in [0.2, 0.25) is 0 Å². The third kappa shape index (κ3) is 2.83. The topological polar surface area (TPSA) is 54.4 Å². The average Bonchev–Trinajstić information content (AvgIpc) is 2.33. The van der Waals surface area contributed by atoms with Crippen molar-refractivity contribution in [1.29, 1.82) is 0 Å². The minimum Gasteiger partial charge on any atom is -0.507 e. The first kappa shape index (κ1) is 12.9. The van der Waals surface area contributed by atoms with E-state index in [-0.39, 0.29) is 21.4 Å². The van der Waals surface area contributed by atoms with Gasteiger partial charge in [0.15, 0.2) is 9.84 Å². The second kappa shape index (κ2) is 5.00. The Morgan fingerprint density at radius 2 is 1.72 bits per heavy atom. The quantitative estimate of drug-likeness (QED) is 0.941. The maximum Gasteiger partial charge on any atom is 0.186 e. The van der Waals surface area contributed by atoms with Crippen LogP contribution in [0.15, 0.2) is 53.4 Å². The Labute approximate surface area is 111 Å². The van der Waals surface area contributed by atoms with Crippen molar-refractivity contribution in [2.24, 2.45) is 0 Å². The number of benzene rings is 2. The molecule has 0 heterocycles. The summed E-state index contributed by atoms with van der Waals surface area (Å²) >= 11 is 5.75. The maximum atomic E-state index is 12.2. The van der Waals surface area contributed by atoms with E-state index in [9.17, 15) is 13.5 Å². The van der Waals surface area contributed by atoms with Crippen molar-refractivity contribution in [3.8, 4) is 5.75 Å². The highest BCUT2D eigenvalue weighted by molar-refractivity contribution is 7.90. The average molecular weight is 283 g/mol. The molecule has 0 aliphatic rings. The first-order valence-electron chi connectivity index (χ1n) is 5.24. The Morgan fingerprint density at radius 1 is 1.06 bits per heavy atom. The molecule has 18 heavy (non-hydrogen) atoms. The molecule has 2 aromatic rings. The second-order valence-corrected chi connectivity index (χ2v) is 6.25. The Bertz CT molecular complexity index is 651. The lowest BCUT2D eigenvalue weighted by atomic mass is 10.2. The highest BCUT2D eigenvalue weighted by atomic mass is 35.5. The maximum absolute atomic E-state index is 12.2. The fraction of sp³-hybridized carbons (Fsp3) is 0.0769. The number of halogens is 1. The monoisotopic (exact) mass is 282 g/mol. The van der Waals surface area contributed by atoms with Crippen LogP contribution in [-0.4, -0.2) is 13.5 Å². The summed E-state index contributed by atoms with van der Waals surface area (Å²) in [6.45, 7) is 0. The van der Waals surface area contributed by atoms with Crippen molar-refractivity contribution in [3.05, 3.63) is 59.1 Å². The Morgan fingerprint density at radius 3 is 2.39 bits per heavy atom. The summed E-state index contributed by atoms with van der Waals surface area (Å²) < 4.78 is 24.3. The molecule has 0 saturated heterocycles. The number of sulfone groups is 1. The van der Waals surface area contributed by atoms with Crippen LogP contribution in [-0.2, 0) is 15.6 Å². The fourth-order valence-corrected chi connectivity index (χ4v) is 3.33. The molecular weight excluding hydrogens is 272 g/mol. The fourth-order valence-electron chi connectivity index (χ4n) is 1.61. The standard InChI is InChI=1S/C13H11ClO3S/c14-11-6-7-12(15)13(8-11)18(16,17)9-10-4-2-1-3-5-10/h1-8,15H,9H2. The van der Waals surface area contributed by atoms with Gasteiger partial charge in [-0.2, -0.15) is 0 Å². The summed E-state index contributed by atoms with van der Waals surface area (Å²) in [4.78, 5) is -0.140. The van der Waals surface area contributed by atoms with Crippen molar-refractivity contribution in [3.63, 3.8) is 0 Å². The van der Waals surface area contributed by atoms with Gasteiger partial charge in [-0.15, -0.1) is 0 Å². The van der Waals surface area contributed by atoms with E-state index < -0.39 is 9.84 Å². The molecule has 0 saturated carbocycles.